The molecule has 1 spiro atoms. The van der Waals surface area contributed by atoms with Crippen LogP contribution in [0.4, 0.5) is 11.4 Å². The fourth-order valence-corrected chi connectivity index (χ4v) is 6.10. The summed E-state index contributed by atoms with van der Waals surface area (Å²) in [5.74, 6) is -1.38. The highest BCUT2D eigenvalue weighted by molar-refractivity contribution is 6.13. The van der Waals surface area contributed by atoms with Gasteiger partial charge in [-0.15, -0.1) is 0 Å². The molecule has 196 valence electrons. The third-order valence-electron chi connectivity index (χ3n) is 8.07. The first-order chi connectivity index (χ1) is 19.0. The van der Waals surface area contributed by atoms with E-state index in [1.54, 1.807) is 11.1 Å². The molecule has 2 N–H and O–H groups in total. The number of hydrogen-bond acceptors (Lipinski definition) is 5. The van der Waals surface area contributed by atoms with Crippen LogP contribution in [0.2, 0.25) is 0 Å². The Bertz CT molecular complexity index is 1490. The van der Waals surface area contributed by atoms with Crippen molar-refractivity contribution in [3.8, 4) is 11.1 Å². The highest BCUT2D eigenvalue weighted by Crippen LogP contribution is 2.52. The van der Waals surface area contributed by atoms with Crippen molar-refractivity contribution in [3.63, 3.8) is 0 Å². The molecule has 1 amide bonds. The van der Waals surface area contributed by atoms with Crippen molar-refractivity contribution >= 4 is 23.3 Å². The fourth-order valence-electron chi connectivity index (χ4n) is 6.10. The molecule has 3 atom stereocenters. The number of carboxylic acid groups (broad SMARTS) is 1. The monoisotopic (exact) mass is 519 g/mol. The molecule has 2 aliphatic heterocycles. The molecule has 0 bridgehead atoms. The Morgan fingerprint density at radius 3 is 2.33 bits per heavy atom. The number of aliphatic hydroxyl groups excluding tert-OH is 1. The van der Waals surface area contributed by atoms with Crippen LogP contribution in [0.5, 0.6) is 0 Å². The summed E-state index contributed by atoms with van der Waals surface area (Å²) in [6, 6.07) is 30.6. The van der Waals surface area contributed by atoms with E-state index in [1.165, 1.54) is 0 Å². The highest BCUT2D eigenvalue weighted by atomic mass is 16.4. The van der Waals surface area contributed by atoms with Gasteiger partial charge in [0.1, 0.15) is 0 Å². The van der Waals surface area contributed by atoms with Crippen LogP contribution in [-0.2, 0) is 21.5 Å². The van der Waals surface area contributed by atoms with Crippen LogP contribution >= 0.6 is 0 Å². The maximum absolute atomic E-state index is 14.4. The minimum atomic E-state index is -1.63. The third kappa shape index (κ3) is 4.39. The van der Waals surface area contributed by atoms with E-state index < -0.39 is 23.5 Å². The Kier molecular flexibility index (Phi) is 6.46. The quantitative estimate of drug-likeness (QED) is 0.381. The summed E-state index contributed by atoms with van der Waals surface area (Å²) in [5.41, 5.74) is 4.44. The summed E-state index contributed by atoms with van der Waals surface area (Å²) >= 11 is 0. The molecular formula is C32H29N3O4. The molecule has 1 saturated heterocycles. The van der Waals surface area contributed by atoms with Crippen LogP contribution in [0.3, 0.4) is 0 Å². The zero-order valence-electron chi connectivity index (χ0n) is 21.4. The lowest BCUT2D eigenvalue weighted by Gasteiger charge is -2.45. The number of carbonyl (C=O) groups is 2. The lowest BCUT2D eigenvalue weighted by atomic mass is 9.70. The average Bonchev–Trinajstić information content (AvgIpc) is 3.21. The molecule has 0 radical (unpaired) electrons. The maximum atomic E-state index is 14.4. The van der Waals surface area contributed by atoms with Crippen molar-refractivity contribution in [1.82, 2.24) is 9.88 Å². The van der Waals surface area contributed by atoms with Gasteiger partial charge in [0.05, 0.1) is 16.8 Å². The number of carbonyl (C=O) groups excluding carboxylic acids is 1. The molecule has 0 saturated carbocycles. The van der Waals surface area contributed by atoms with E-state index in [0.29, 0.717) is 19.5 Å². The number of carboxylic acids is 1. The van der Waals surface area contributed by atoms with Crippen molar-refractivity contribution in [2.75, 3.05) is 11.4 Å². The lowest BCUT2D eigenvalue weighted by Crippen LogP contribution is -2.57. The average molecular weight is 520 g/mol. The van der Waals surface area contributed by atoms with E-state index in [1.807, 2.05) is 102 Å². The molecule has 39 heavy (non-hydrogen) atoms. The van der Waals surface area contributed by atoms with Gasteiger partial charge >= 0.3 is 5.97 Å². The number of likely N-dealkylation sites (tertiary alicyclic amines) is 1. The molecule has 7 nitrogen and oxygen atoms in total. The number of benzene rings is 3. The SMILES string of the molecule is O=C(O)C(O)C1CC2(CCN1Cc1ccccn1)C(=O)N(c1ccc(-c3ccccc3)cc1)c1ccccc12. The number of anilines is 2. The zero-order valence-corrected chi connectivity index (χ0v) is 21.4. The first-order valence-electron chi connectivity index (χ1n) is 13.1. The number of hydrogen-bond donors (Lipinski definition) is 2. The topological polar surface area (TPSA) is 94.0 Å². The molecule has 1 aromatic heterocycles. The Morgan fingerprint density at radius 1 is 0.923 bits per heavy atom. The molecule has 3 heterocycles. The van der Waals surface area contributed by atoms with Crippen molar-refractivity contribution < 1.29 is 19.8 Å². The summed E-state index contributed by atoms with van der Waals surface area (Å²) in [7, 11) is 0. The smallest absolute Gasteiger partial charge is 0.334 e. The summed E-state index contributed by atoms with van der Waals surface area (Å²) in [5, 5.41) is 20.6. The first-order valence-corrected chi connectivity index (χ1v) is 13.1. The second-order valence-electron chi connectivity index (χ2n) is 10.2. The number of fused-ring (bicyclic) bond motifs is 2. The Morgan fingerprint density at radius 2 is 1.62 bits per heavy atom. The molecular weight excluding hydrogens is 490 g/mol. The van der Waals surface area contributed by atoms with Crippen molar-refractivity contribution in [1.29, 1.82) is 0 Å². The second-order valence-corrected chi connectivity index (χ2v) is 10.2. The fraction of sp³-hybridized carbons (Fsp3) is 0.219. The lowest BCUT2D eigenvalue weighted by molar-refractivity contribution is -0.153. The molecule has 1 fully saturated rings. The number of piperidine rings is 1. The van der Waals surface area contributed by atoms with Crippen LogP contribution in [0.25, 0.3) is 11.1 Å². The van der Waals surface area contributed by atoms with Crippen LogP contribution in [0.15, 0.2) is 103 Å². The van der Waals surface area contributed by atoms with Gasteiger partial charge in [-0.3, -0.25) is 19.6 Å². The maximum Gasteiger partial charge on any atom is 0.334 e. The second kappa shape index (κ2) is 10.1. The minimum Gasteiger partial charge on any atom is -0.479 e. The van der Waals surface area contributed by atoms with E-state index in [2.05, 4.69) is 4.98 Å². The number of amides is 1. The van der Waals surface area contributed by atoms with Gasteiger partial charge in [-0.2, -0.15) is 0 Å². The van der Waals surface area contributed by atoms with E-state index in [4.69, 9.17) is 0 Å². The largest absolute Gasteiger partial charge is 0.479 e. The van der Waals surface area contributed by atoms with Gasteiger partial charge in [0.25, 0.3) is 0 Å². The van der Waals surface area contributed by atoms with Gasteiger partial charge in [0.2, 0.25) is 5.91 Å². The highest BCUT2D eigenvalue weighted by Gasteiger charge is 2.56. The number of aromatic nitrogens is 1. The predicted octanol–water partition coefficient (Wildman–Crippen LogP) is 4.77. The van der Waals surface area contributed by atoms with Crippen molar-refractivity contribution in [3.05, 3.63) is 115 Å². The molecule has 6 rings (SSSR count). The zero-order chi connectivity index (χ0) is 27.0. The molecule has 3 unspecified atom stereocenters. The van der Waals surface area contributed by atoms with Crippen molar-refractivity contribution in [2.45, 2.75) is 36.9 Å². The summed E-state index contributed by atoms with van der Waals surface area (Å²) < 4.78 is 0. The summed E-state index contributed by atoms with van der Waals surface area (Å²) in [6.07, 6.45) is 0.769. The van der Waals surface area contributed by atoms with Gasteiger partial charge in [-0.05, 0) is 59.9 Å². The minimum absolute atomic E-state index is 0.0868. The first kappa shape index (κ1) is 25.0. The third-order valence-corrected chi connectivity index (χ3v) is 8.07. The summed E-state index contributed by atoms with van der Waals surface area (Å²) in [4.78, 5) is 34.4. The van der Waals surface area contributed by atoms with E-state index in [9.17, 15) is 19.8 Å². The van der Waals surface area contributed by atoms with E-state index in [-0.39, 0.29) is 12.3 Å². The van der Waals surface area contributed by atoms with Gasteiger partial charge in [0.15, 0.2) is 6.10 Å². The van der Waals surface area contributed by atoms with Crippen LogP contribution in [0.1, 0.15) is 24.1 Å². The van der Waals surface area contributed by atoms with Gasteiger partial charge in [0, 0.05) is 31.0 Å². The van der Waals surface area contributed by atoms with Crippen LogP contribution in [-0.4, -0.2) is 50.7 Å². The Hall–Kier alpha value is -4.33. The number of aliphatic hydroxyl groups is 1. The normalized spacial score (nSPS) is 21.6. The van der Waals surface area contributed by atoms with Crippen LogP contribution in [0, 0.1) is 0 Å². The van der Waals surface area contributed by atoms with E-state index >= 15 is 0 Å². The predicted molar refractivity (Wildman–Crippen MR) is 148 cm³/mol. The molecule has 3 aromatic carbocycles. The number of nitrogens with zero attached hydrogens (tertiary/aromatic N) is 3. The van der Waals surface area contributed by atoms with Gasteiger partial charge in [-0.1, -0.05) is 66.7 Å². The Balaban J connectivity index is 1.36. The molecule has 4 aromatic rings. The molecule has 7 heteroatoms. The van der Waals surface area contributed by atoms with Crippen molar-refractivity contribution in [2.24, 2.45) is 0 Å². The molecule has 0 aliphatic carbocycles. The number of rotatable bonds is 6. The number of pyridine rings is 1. The number of para-hydroxylation sites is 1. The van der Waals surface area contributed by atoms with Gasteiger partial charge < -0.3 is 10.2 Å². The van der Waals surface area contributed by atoms with Gasteiger partial charge in [-0.25, -0.2) is 4.79 Å². The number of aliphatic carboxylic acids is 1. The van der Waals surface area contributed by atoms with E-state index in [0.717, 1.165) is 33.8 Å². The molecule has 2 aliphatic rings. The standard InChI is InChI=1S/C32H29N3O4/c36-29(30(37)38)28-20-32(17-19-34(28)21-24-10-6-7-18-33-24)26-11-4-5-12-27(26)35(31(32)39)25-15-13-23(14-16-25)22-8-2-1-3-9-22/h1-16,18,28-29,36H,17,19-21H2,(H,37,38). The van der Waals surface area contributed by atoms with Crippen LogP contribution < -0.4 is 4.90 Å². The Labute approximate surface area is 227 Å². The summed E-state index contributed by atoms with van der Waals surface area (Å²) in [6.45, 7) is 0.846.